The molecule has 4 nitrogen and oxygen atoms in total. The molecule has 16 heavy (non-hydrogen) atoms. The summed E-state index contributed by atoms with van der Waals surface area (Å²) < 4.78 is 0. The summed E-state index contributed by atoms with van der Waals surface area (Å²) in [6.07, 6.45) is 0. The summed E-state index contributed by atoms with van der Waals surface area (Å²) in [5.74, 6) is 0.389. The average molecular weight is 219 g/mol. The monoisotopic (exact) mass is 219 g/mol. The molecule has 84 valence electrons. The van der Waals surface area contributed by atoms with E-state index in [1.165, 1.54) is 24.3 Å². The molecule has 0 bridgehead atoms. The van der Waals surface area contributed by atoms with Crippen LogP contribution in [0.2, 0.25) is 0 Å². The minimum Gasteiger partial charge on any atom is -0.508 e. The van der Waals surface area contributed by atoms with Gasteiger partial charge in [0, 0.05) is 17.8 Å². The molecule has 5 N–H and O–H groups in total. The van der Waals surface area contributed by atoms with Gasteiger partial charge in [-0.3, -0.25) is 0 Å². The lowest BCUT2D eigenvalue weighted by Crippen LogP contribution is -1.80. The maximum absolute atomic E-state index is 8.73. The van der Waals surface area contributed by atoms with E-state index in [0.717, 1.165) is 0 Å². The van der Waals surface area contributed by atoms with E-state index in [4.69, 9.17) is 21.1 Å². The van der Waals surface area contributed by atoms with Crippen molar-refractivity contribution < 1.29 is 15.3 Å². The summed E-state index contributed by atoms with van der Waals surface area (Å²) in [5.41, 5.74) is 5.89. The predicted molar refractivity (Wildman–Crippen MR) is 62.3 cm³/mol. The van der Waals surface area contributed by atoms with Crippen LogP contribution in [0.4, 0.5) is 5.69 Å². The SMILES string of the molecule is Nc1cccc(O)c1.Oc1cccc(O)c1. The minimum atomic E-state index is 0.0880. The lowest BCUT2D eigenvalue weighted by Gasteiger charge is -1.90. The number of hydrogen-bond acceptors (Lipinski definition) is 4. The number of phenolic OH excluding ortho intramolecular Hbond substituents is 3. The summed E-state index contributed by atoms with van der Waals surface area (Å²) in [6, 6.07) is 12.4. The number of benzene rings is 2. The van der Waals surface area contributed by atoms with Gasteiger partial charge >= 0.3 is 0 Å². The zero-order chi connectivity index (χ0) is 12.0. The van der Waals surface area contributed by atoms with E-state index >= 15 is 0 Å². The van der Waals surface area contributed by atoms with Gasteiger partial charge in [0.05, 0.1) is 0 Å². The summed E-state index contributed by atoms with van der Waals surface area (Å²) in [7, 11) is 0. The van der Waals surface area contributed by atoms with Crippen LogP contribution in [0, 0.1) is 0 Å². The normalized spacial score (nSPS) is 9.00. The number of rotatable bonds is 0. The van der Waals surface area contributed by atoms with Crippen LogP contribution < -0.4 is 5.73 Å². The topological polar surface area (TPSA) is 86.7 Å². The minimum absolute atomic E-state index is 0.0880. The first kappa shape index (κ1) is 11.7. The van der Waals surface area contributed by atoms with Gasteiger partial charge in [-0.25, -0.2) is 0 Å². The highest BCUT2D eigenvalue weighted by Crippen LogP contribution is 2.14. The predicted octanol–water partition coefficient (Wildman–Crippen LogP) is 2.07. The first-order chi connectivity index (χ1) is 7.58. The second-order valence-electron chi connectivity index (χ2n) is 3.11. The van der Waals surface area contributed by atoms with E-state index in [2.05, 4.69) is 0 Å². The Morgan fingerprint density at radius 1 is 0.688 bits per heavy atom. The Kier molecular flexibility index (Phi) is 4.03. The number of aromatic hydroxyl groups is 3. The molecule has 0 aliphatic heterocycles. The van der Waals surface area contributed by atoms with Crippen LogP contribution in [0.1, 0.15) is 0 Å². The molecule has 2 aromatic carbocycles. The van der Waals surface area contributed by atoms with Crippen LogP contribution in [0.25, 0.3) is 0 Å². The molecule has 4 heteroatoms. The first-order valence-electron chi connectivity index (χ1n) is 4.60. The van der Waals surface area contributed by atoms with Crippen molar-refractivity contribution in [1.82, 2.24) is 0 Å². The quantitative estimate of drug-likeness (QED) is 0.511. The lowest BCUT2D eigenvalue weighted by atomic mass is 10.3. The van der Waals surface area contributed by atoms with E-state index in [1.807, 2.05) is 0 Å². The Balaban J connectivity index is 0.000000160. The zero-order valence-electron chi connectivity index (χ0n) is 8.54. The largest absolute Gasteiger partial charge is 0.508 e. The zero-order valence-corrected chi connectivity index (χ0v) is 8.54. The Bertz CT molecular complexity index is 380. The van der Waals surface area contributed by atoms with Crippen LogP contribution in [0.5, 0.6) is 17.2 Å². The van der Waals surface area contributed by atoms with Crippen molar-refractivity contribution in [2.75, 3.05) is 5.73 Å². The fourth-order valence-electron chi connectivity index (χ4n) is 1.02. The summed E-state index contributed by atoms with van der Waals surface area (Å²) >= 11 is 0. The molecule has 2 aromatic rings. The van der Waals surface area contributed by atoms with E-state index in [0.29, 0.717) is 5.69 Å². The van der Waals surface area contributed by atoms with Crippen molar-refractivity contribution in [3.05, 3.63) is 48.5 Å². The van der Waals surface area contributed by atoms with Crippen molar-refractivity contribution in [3.8, 4) is 17.2 Å². The summed E-state index contributed by atoms with van der Waals surface area (Å²) in [4.78, 5) is 0. The molecule has 0 heterocycles. The number of phenols is 3. The smallest absolute Gasteiger partial charge is 0.119 e. The Morgan fingerprint density at radius 2 is 1.12 bits per heavy atom. The Hall–Kier alpha value is -2.36. The van der Waals surface area contributed by atoms with Crippen LogP contribution >= 0.6 is 0 Å². The number of nitrogens with two attached hydrogens (primary N) is 1. The molecule has 0 aliphatic rings. The molecule has 0 radical (unpaired) electrons. The van der Waals surface area contributed by atoms with Crippen LogP contribution in [-0.2, 0) is 0 Å². The first-order valence-corrected chi connectivity index (χ1v) is 4.60. The van der Waals surface area contributed by atoms with Crippen molar-refractivity contribution in [3.63, 3.8) is 0 Å². The van der Waals surface area contributed by atoms with Gasteiger partial charge in [0.2, 0.25) is 0 Å². The van der Waals surface area contributed by atoms with Crippen LogP contribution in [-0.4, -0.2) is 15.3 Å². The molecule has 0 aliphatic carbocycles. The van der Waals surface area contributed by atoms with Gasteiger partial charge in [0.25, 0.3) is 0 Å². The molecule has 0 saturated carbocycles. The molecule has 0 fully saturated rings. The van der Waals surface area contributed by atoms with Gasteiger partial charge in [-0.05, 0) is 24.3 Å². The van der Waals surface area contributed by atoms with E-state index in [1.54, 1.807) is 24.3 Å². The van der Waals surface area contributed by atoms with Crippen molar-refractivity contribution in [1.29, 1.82) is 0 Å². The third-order valence-corrected chi connectivity index (χ3v) is 1.70. The van der Waals surface area contributed by atoms with Gasteiger partial charge in [-0.15, -0.1) is 0 Å². The summed E-state index contributed by atoms with van der Waals surface area (Å²) in [5, 5.41) is 26.0. The van der Waals surface area contributed by atoms with E-state index in [9.17, 15) is 0 Å². The van der Waals surface area contributed by atoms with Gasteiger partial charge in [-0.2, -0.15) is 0 Å². The maximum atomic E-state index is 8.73. The lowest BCUT2D eigenvalue weighted by molar-refractivity contribution is 0.450. The van der Waals surface area contributed by atoms with E-state index < -0.39 is 0 Å². The van der Waals surface area contributed by atoms with Crippen LogP contribution in [0.3, 0.4) is 0 Å². The molecule has 0 unspecified atom stereocenters. The van der Waals surface area contributed by atoms with Gasteiger partial charge in [-0.1, -0.05) is 12.1 Å². The highest BCUT2D eigenvalue weighted by atomic mass is 16.3. The number of nitrogen functional groups attached to an aromatic ring is 1. The van der Waals surface area contributed by atoms with Gasteiger partial charge in [0.1, 0.15) is 17.2 Å². The molecule has 0 amide bonds. The maximum Gasteiger partial charge on any atom is 0.119 e. The third-order valence-electron chi connectivity index (χ3n) is 1.70. The molecule has 0 spiro atoms. The van der Waals surface area contributed by atoms with Gasteiger partial charge in [0.15, 0.2) is 0 Å². The van der Waals surface area contributed by atoms with E-state index in [-0.39, 0.29) is 17.2 Å². The average Bonchev–Trinajstić information content (AvgIpc) is 2.17. The van der Waals surface area contributed by atoms with Crippen molar-refractivity contribution >= 4 is 5.69 Å². The highest BCUT2D eigenvalue weighted by molar-refractivity contribution is 5.42. The molecule has 0 atom stereocenters. The molecule has 2 rings (SSSR count). The molecule has 0 aromatic heterocycles. The van der Waals surface area contributed by atoms with Crippen molar-refractivity contribution in [2.45, 2.75) is 0 Å². The molecule has 0 saturated heterocycles. The standard InChI is InChI=1S/C6H7NO.C6H6O2/c2*7-5-2-1-3-6(8)4-5/h1-4,8H,7H2;1-4,7-8H. The fraction of sp³-hybridized carbons (Fsp3) is 0. The molecular formula is C12H13NO3. The third kappa shape index (κ3) is 4.23. The fourth-order valence-corrected chi connectivity index (χ4v) is 1.02. The summed E-state index contributed by atoms with van der Waals surface area (Å²) in [6.45, 7) is 0. The second-order valence-corrected chi connectivity index (χ2v) is 3.11. The highest BCUT2D eigenvalue weighted by Gasteiger charge is 1.85. The number of anilines is 1. The van der Waals surface area contributed by atoms with Crippen LogP contribution in [0.15, 0.2) is 48.5 Å². The Labute approximate surface area is 93.2 Å². The second kappa shape index (κ2) is 5.50. The van der Waals surface area contributed by atoms with Crippen molar-refractivity contribution in [2.24, 2.45) is 0 Å². The molecular weight excluding hydrogens is 206 g/mol. The Morgan fingerprint density at radius 3 is 1.38 bits per heavy atom. The number of hydrogen-bond donors (Lipinski definition) is 4. The van der Waals surface area contributed by atoms with Gasteiger partial charge < -0.3 is 21.1 Å².